The van der Waals surface area contributed by atoms with Gasteiger partial charge < -0.3 is 26.6 Å². The van der Waals surface area contributed by atoms with Gasteiger partial charge in [-0.15, -0.1) is 0 Å². The Morgan fingerprint density at radius 2 is 1.87 bits per heavy atom. The second kappa shape index (κ2) is 10.7. The zero-order chi connectivity index (χ0) is 22.4. The van der Waals surface area contributed by atoms with Crippen molar-refractivity contribution in [2.24, 2.45) is 11.7 Å². The predicted octanol–water partition coefficient (Wildman–Crippen LogP) is 0.514. The third kappa shape index (κ3) is 5.43. The Labute approximate surface area is 184 Å². The summed E-state index contributed by atoms with van der Waals surface area (Å²) in [5.74, 6) is -0.906. The van der Waals surface area contributed by atoms with Crippen LogP contribution in [-0.2, 0) is 20.9 Å². The Balaban J connectivity index is 1.77. The molecule has 0 aromatic heterocycles. The van der Waals surface area contributed by atoms with E-state index in [4.69, 9.17) is 5.73 Å². The van der Waals surface area contributed by atoms with Crippen molar-refractivity contribution in [2.75, 3.05) is 13.6 Å². The first-order chi connectivity index (χ1) is 15.0. The third-order valence-corrected chi connectivity index (χ3v) is 6.64. The average molecular weight is 430 g/mol. The van der Waals surface area contributed by atoms with E-state index in [0.29, 0.717) is 25.9 Å². The maximum absolute atomic E-state index is 13.6. The summed E-state index contributed by atoms with van der Waals surface area (Å²) in [6.07, 6.45) is 3.59. The largest absolute Gasteiger partial charge is 0.368 e. The molecule has 8 heteroatoms. The van der Waals surface area contributed by atoms with Crippen molar-refractivity contribution in [1.82, 2.24) is 20.9 Å². The maximum Gasteiger partial charge on any atom is 0.246 e. The molecule has 0 bridgehead atoms. The quantitative estimate of drug-likeness (QED) is 0.457. The fourth-order valence-electron chi connectivity index (χ4n) is 4.89. The molecule has 5 unspecified atom stereocenters. The Morgan fingerprint density at radius 1 is 1.16 bits per heavy atom. The molecule has 5 N–H and O–H groups in total. The number of likely N-dealkylation sites (N-methyl/N-ethyl adjacent to an activating group) is 1. The van der Waals surface area contributed by atoms with Gasteiger partial charge in [0, 0.05) is 25.0 Å². The summed E-state index contributed by atoms with van der Waals surface area (Å²) >= 11 is 0. The molecule has 2 heterocycles. The zero-order valence-corrected chi connectivity index (χ0v) is 18.5. The summed E-state index contributed by atoms with van der Waals surface area (Å²) < 4.78 is 0. The summed E-state index contributed by atoms with van der Waals surface area (Å²) in [4.78, 5) is 40.0. The van der Waals surface area contributed by atoms with Gasteiger partial charge in [0.25, 0.3) is 0 Å². The molecule has 5 atom stereocenters. The van der Waals surface area contributed by atoms with Gasteiger partial charge in [-0.25, -0.2) is 0 Å². The number of hydrogen-bond acceptors (Lipinski definition) is 5. The standard InChI is InChI=1S/C23H35N5O3/c1-3-18(25-2)22(30)27-20-16(14-26-13-15-7-5-4-6-8-15)9-10-17-11-12-19(21(24)29)28(17)23(20)31/h4-8,16-20,25-26H,3,9-14H2,1-2H3,(H2,24,29)(H,27,30). The maximum atomic E-state index is 13.6. The molecule has 8 nitrogen and oxygen atoms in total. The van der Waals surface area contributed by atoms with E-state index in [0.717, 1.165) is 19.3 Å². The van der Waals surface area contributed by atoms with Crippen molar-refractivity contribution in [2.45, 2.75) is 69.7 Å². The molecule has 0 spiro atoms. The van der Waals surface area contributed by atoms with Crippen LogP contribution in [0, 0.1) is 5.92 Å². The van der Waals surface area contributed by atoms with E-state index in [1.54, 1.807) is 11.9 Å². The minimum Gasteiger partial charge on any atom is -0.368 e. The molecular weight excluding hydrogens is 394 g/mol. The number of benzene rings is 1. The van der Waals surface area contributed by atoms with Crippen LogP contribution >= 0.6 is 0 Å². The van der Waals surface area contributed by atoms with Gasteiger partial charge in [0.1, 0.15) is 12.1 Å². The number of carbonyl (C=O) groups excluding carboxylic acids is 3. The Bertz CT molecular complexity index is 768. The number of nitrogens with two attached hydrogens (primary N) is 1. The first-order valence-corrected chi connectivity index (χ1v) is 11.3. The molecule has 2 aliphatic rings. The zero-order valence-electron chi connectivity index (χ0n) is 18.5. The van der Waals surface area contributed by atoms with Crippen LogP contribution in [0.4, 0.5) is 0 Å². The van der Waals surface area contributed by atoms with Crippen LogP contribution < -0.4 is 21.7 Å². The summed E-state index contributed by atoms with van der Waals surface area (Å²) in [6, 6.07) is 8.46. The average Bonchev–Trinajstić information content (AvgIpc) is 3.15. The van der Waals surface area contributed by atoms with Gasteiger partial charge in [-0.2, -0.15) is 0 Å². The van der Waals surface area contributed by atoms with Crippen LogP contribution in [0.15, 0.2) is 30.3 Å². The number of nitrogens with one attached hydrogen (secondary N) is 3. The van der Waals surface area contributed by atoms with E-state index in [9.17, 15) is 14.4 Å². The van der Waals surface area contributed by atoms with E-state index >= 15 is 0 Å². The Kier molecular flexibility index (Phi) is 8.03. The minimum atomic E-state index is -0.678. The summed E-state index contributed by atoms with van der Waals surface area (Å²) in [6.45, 7) is 3.22. The lowest BCUT2D eigenvalue weighted by atomic mass is 9.92. The molecule has 3 rings (SSSR count). The minimum absolute atomic E-state index is 0.00907. The fourth-order valence-corrected chi connectivity index (χ4v) is 4.89. The Morgan fingerprint density at radius 3 is 2.52 bits per heavy atom. The molecular formula is C23H35N5O3. The number of hydrogen-bond donors (Lipinski definition) is 4. The van der Waals surface area contributed by atoms with Gasteiger partial charge >= 0.3 is 0 Å². The molecule has 2 aliphatic heterocycles. The topological polar surface area (TPSA) is 117 Å². The number of nitrogens with zero attached hydrogens (tertiary/aromatic N) is 1. The van der Waals surface area contributed by atoms with Crippen molar-refractivity contribution < 1.29 is 14.4 Å². The van der Waals surface area contributed by atoms with Crippen LogP contribution in [0.1, 0.15) is 44.6 Å². The summed E-state index contributed by atoms with van der Waals surface area (Å²) in [7, 11) is 1.74. The highest BCUT2D eigenvalue weighted by molar-refractivity contribution is 5.93. The van der Waals surface area contributed by atoms with E-state index < -0.39 is 18.0 Å². The first kappa shape index (κ1) is 23.2. The molecule has 3 amide bonds. The highest BCUT2D eigenvalue weighted by Gasteiger charge is 2.47. The van der Waals surface area contributed by atoms with Crippen LogP contribution in [0.25, 0.3) is 0 Å². The van der Waals surface area contributed by atoms with E-state index in [2.05, 4.69) is 28.1 Å². The van der Waals surface area contributed by atoms with Gasteiger partial charge in [-0.1, -0.05) is 37.3 Å². The van der Waals surface area contributed by atoms with Crippen molar-refractivity contribution in [3.63, 3.8) is 0 Å². The van der Waals surface area contributed by atoms with Gasteiger partial charge in [0.15, 0.2) is 0 Å². The van der Waals surface area contributed by atoms with Crippen LogP contribution in [0.3, 0.4) is 0 Å². The van der Waals surface area contributed by atoms with Crippen LogP contribution in [0.5, 0.6) is 0 Å². The van der Waals surface area contributed by atoms with Crippen molar-refractivity contribution in [3.05, 3.63) is 35.9 Å². The number of rotatable bonds is 9. The number of primary amides is 1. The van der Waals surface area contributed by atoms with Crippen LogP contribution in [0.2, 0.25) is 0 Å². The van der Waals surface area contributed by atoms with E-state index in [1.807, 2.05) is 25.1 Å². The third-order valence-electron chi connectivity index (χ3n) is 6.64. The van der Waals surface area contributed by atoms with Crippen molar-refractivity contribution >= 4 is 17.7 Å². The fraction of sp³-hybridized carbons (Fsp3) is 0.609. The SMILES string of the molecule is CCC(NC)C(=O)NC1C(=O)N2C(CCC1CNCc1ccccc1)CCC2C(N)=O. The lowest BCUT2D eigenvalue weighted by molar-refractivity contribution is -0.143. The highest BCUT2D eigenvalue weighted by Crippen LogP contribution is 2.33. The van der Waals surface area contributed by atoms with E-state index in [-0.39, 0.29) is 29.8 Å². The molecule has 2 saturated heterocycles. The second-order valence-electron chi connectivity index (χ2n) is 8.58. The van der Waals surface area contributed by atoms with Gasteiger partial charge in [-0.3, -0.25) is 14.4 Å². The predicted molar refractivity (Wildman–Crippen MR) is 119 cm³/mol. The van der Waals surface area contributed by atoms with Crippen molar-refractivity contribution in [1.29, 1.82) is 0 Å². The molecule has 31 heavy (non-hydrogen) atoms. The summed E-state index contributed by atoms with van der Waals surface area (Å²) in [5, 5.41) is 9.44. The number of carbonyl (C=O) groups is 3. The lowest BCUT2D eigenvalue weighted by Gasteiger charge is -2.32. The smallest absolute Gasteiger partial charge is 0.246 e. The monoisotopic (exact) mass is 429 g/mol. The molecule has 0 radical (unpaired) electrons. The van der Waals surface area contributed by atoms with Gasteiger partial charge in [-0.05, 0) is 44.7 Å². The molecule has 1 aromatic rings. The number of amides is 3. The molecule has 0 aliphatic carbocycles. The van der Waals surface area contributed by atoms with Gasteiger partial charge in [0.05, 0.1) is 6.04 Å². The summed E-state index contributed by atoms with van der Waals surface area (Å²) in [5.41, 5.74) is 6.76. The van der Waals surface area contributed by atoms with Crippen LogP contribution in [-0.4, -0.2) is 60.4 Å². The molecule has 1 aromatic carbocycles. The highest BCUT2D eigenvalue weighted by atomic mass is 16.2. The number of fused-ring (bicyclic) bond motifs is 1. The first-order valence-electron chi connectivity index (χ1n) is 11.3. The molecule has 0 saturated carbocycles. The molecule has 2 fully saturated rings. The molecule has 170 valence electrons. The Hall–Kier alpha value is -2.45. The second-order valence-corrected chi connectivity index (χ2v) is 8.58. The normalized spacial score (nSPS) is 26.8. The van der Waals surface area contributed by atoms with E-state index in [1.165, 1.54) is 5.56 Å². The lowest BCUT2D eigenvalue weighted by Crippen LogP contribution is -2.58. The van der Waals surface area contributed by atoms with Gasteiger partial charge in [0.2, 0.25) is 17.7 Å². The van der Waals surface area contributed by atoms with Crippen molar-refractivity contribution in [3.8, 4) is 0 Å².